The molecule has 0 aliphatic rings. The van der Waals surface area contributed by atoms with Crippen LogP contribution in [0.4, 0.5) is 0 Å². The third kappa shape index (κ3) is 14.3. The van der Waals surface area contributed by atoms with Gasteiger partial charge in [-0.25, -0.2) is 29.9 Å². The molecule has 116 heavy (non-hydrogen) atoms. The van der Waals surface area contributed by atoms with E-state index in [0.717, 1.165) is 83.3 Å². The second kappa shape index (κ2) is 31.0. The summed E-state index contributed by atoms with van der Waals surface area (Å²) in [6.07, 6.45) is 0. The first-order chi connectivity index (χ1) is 57.4. The summed E-state index contributed by atoms with van der Waals surface area (Å²) >= 11 is 0. The summed E-state index contributed by atoms with van der Waals surface area (Å²) in [4.78, 5) is 31.1. The van der Waals surface area contributed by atoms with E-state index in [1.165, 1.54) is 93.0 Å². The topological polar surface area (TPSA) is 77.3 Å². The molecule has 0 saturated carbocycles. The minimum atomic E-state index is 0.624. The lowest BCUT2D eigenvalue weighted by atomic mass is 9.96. The fourth-order valence-corrected chi connectivity index (χ4v) is 16.0. The minimum absolute atomic E-state index is 0.624. The van der Waals surface area contributed by atoms with Gasteiger partial charge in [0, 0.05) is 33.4 Å². The zero-order valence-electron chi connectivity index (χ0n) is 63.3. The Bertz CT molecular complexity index is 7260. The van der Waals surface area contributed by atoms with Crippen LogP contribution in [0.15, 0.2) is 437 Å². The third-order valence-electron chi connectivity index (χ3n) is 22.0. The highest BCUT2D eigenvalue weighted by molar-refractivity contribution is 6.01. The molecule has 2 aromatic heterocycles. The van der Waals surface area contributed by atoms with Crippen LogP contribution in [0.3, 0.4) is 0 Å². The lowest BCUT2D eigenvalue weighted by Crippen LogP contribution is -2.00. The summed E-state index contributed by atoms with van der Waals surface area (Å²) < 4.78 is 0. The summed E-state index contributed by atoms with van der Waals surface area (Å²) in [7, 11) is 0. The largest absolute Gasteiger partial charge is 0.208 e. The Morgan fingerprint density at radius 2 is 0.310 bits per heavy atom. The number of hydrogen-bond donors (Lipinski definition) is 0. The second-order valence-electron chi connectivity index (χ2n) is 29.3. The number of fused-ring (bicyclic) bond motifs is 5. The van der Waals surface area contributed by atoms with Crippen LogP contribution in [0.25, 0.3) is 211 Å². The lowest BCUT2D eigenvalue weighted by Gasteiger charge is -2.12. The van der Waals surface area contributed by atoms with E-state index >= 15 is 0 Å². The average molecular weight is 1480 g/mol. The standard InChI is InChI=1S/C57H37N3.C53H35N3/c1-3-13-38(14-4-1)42-27-28-45-34-43(29-30-44(45)33-42)41-19-9-22-48(35-41)55-58-56(49-23-10-20-46(36-49)53-26-11-18-40-17-7-8-24-51(40)53)60-57(59-55)50-31-32-54-47(37-50)21-12-25-52(54)39-15-5-2-6-16-39;1-3-13-36(14-4-1)39-19-9-22-46(33-39)51-54-52(56-53(55-51)48-24-11-21-45(35-48)50-26-12-18-38-17-7-8-25-49(38)50)47-23-10-20-40(34-47)42-29-30-43-31-41(27-28-44(43)32-42)37-15-5-2-6-16-37/h1-37H;1-35H. The first kappa shape index (κ1) is 69.7. The number of aromatic nitrogens is 6. The van der Waals surface area contributed by atoms with Gasteiger partial charge in [0.2, 0.25) is 0 Å². The molecule has 0 spiro atoms. The van der Waals surface area contributed by atoms with Gasteiger partial charge < -0.3 is 0 Å². The van der Waals surface area contributed by atoms with Crippen molar-refractivity contribution in [3.63, 3.8) is 0 Å². The van der Waals surface area contributed by atoms with Gasteiger partial charge in [0.05, 0.1) is 0 Å². The zero-order valence-corrected chi connectivity index (χ0v) is 63.3. The van der Waals surface area contributed by atoms with Gasteiger partial charge in [-0.2, -0.15) is 0 Å². The Balaban J connectivity index is 0.000000150. The lowest BCUT2D eigenvalue weighted by molar-refractivity contribution is 1.07. The van der Waals surface area contributed by atoms with E-state index in [1.54, 1.807) is 0 Å². The zero-order chi connectivity index (χ0) is 77.1. The van der Waals surface area contributed by atoms with E-state index in [0.29, 0.717) is 34.9 Å². The molecule has 21 aromatic rings. The van der Waals surface area contributed by atoms with E-state index < -0.39 is 0 Å². The summed E-state index contributed by atoms with van der Waals surface area (Å²) in [6.45, 7) is 0. The molecule has 0 N–H and O–H groups in total. The smallest absolute Gasteiger partial charge is 0.164 e. The third-order valence-corrected chi connectivity index (χ3v) is 22.0. The number of rotatable bonds is 14. The number of benzene rings is 19. The molecule has 0 bridgehead atoms. The van der Waals surface area contributed by atoms with E-state index in [-0.39, 0.29) is 0 Å². The van der Waals surface area contributed by atoms with Crippen molar-refractivity contribution in [1.82, 2.24) is 29.9 Å². The maximum atomic E-state index is 5.21. The second-order valence-corrected chi connectivity index (χ2v) is 29.3. The van der Waals surface area contributed by atoms with Crippen molar-refractivity contribution in [3.05, 3.63) is 437 Å². The SMILES string of the molecule is c1ccc(-c2ccc3cc(-c4cccc(-c5nc(-c6cccc(-c7cccc8ccccc78)c6)nc(-c6ccc7c(-c8ccccc8)cccc7c6)n5)c4)ccc3c2)cc1.c1ccc(-c2cccc(-c3nc(-c4cccc(-c5ccc6cc(-c7ccccc7)ccc6c5)c4)nc(-c4cccc(-c5cccc6ccccc56)c4)n3)c2)cc1. The van der Waals surface area contributed by atoms with Gasteiger partial charge in [0.1, 0.15) is 0 Å². The van der Waals surface area contributed by atoms with Crippen LogP contribution in [0.1, 0.15) is 0 Å². The normalized spacial score (nSPS) is 11.3. The summed E-state index contributed by atoms with van der Waals surface area (Å²) in [6, 6.07) is 154. The van der Waals surface area contributed by atoms with E-state index in [1.807, 2.05) is 6.07 Å². The van der Waals surface area contributed by atoms with Crippen LogP contribution in [-0.2, 0) is 0 Å². The molecule has 0 aliphatic carbocycles. The summed E-state index contributed by atoms with van der Waals surface area (Å²) in [5, 5.41) is 12.0. The van der Waals surface area contributed by atoms with Crippen LogP contribution in [-0.4, -0.2) is 29.9 Å². The van der Waals surface area contributed by atoms with Gasteiger partial charge in [-0.3, -0.25) is 0 Å². The average Bonchev–Trinajstić information content (AvgIpc) is 0.782. The Kier molecular flexibility index (Phi) is 18.6. The molecule has 0 amide bonds. The van der Waals surface area contributed by atoms with Gasteiger partial charge in [0.15, 0.2) is 34.9 Å². The van der Waals surface area contributed by atoms with E-state index in [9.17, 15) is 0 Å². The Morgan fingerprint density at radius 1 is 0.103 bits per heavy atom. The molecule has 0 atom stereocenters. The maximum absolute atomic E-state index is 5.21. The molecular formula is C110H72N6. The Morgan fingerprint density at radius 3 is 0.672 bits per heavy atom. The molecule has 21 rings (SSSR count). The monoisotopic (exact) mass is 1480 g/mol. The van der Waals surface area contributed by atoms with Gasteiger partial charge >= 0.3 is 0 Å². The first-order valence-electron chi connectivity index (χ1n) is 39.3. The molecule has 0 unspecified atom stereocenters. The van der Waals surface area contributed by atoms with Crippen molar-refractivity contribution in [1.29, 1.82) is 0 Å². The predicted octanol–water partition coefficient (Wildman–Crippen LogP) is 28.8. The van der Waals surface area contributed by atoms with Crippen LogP contribution >= 0.6 is 0 Å². The molecule has 19 aromatic carbocycles. The molecule has 0 saturated heterocycles. The number of nitrogens with zero attached hydrogens (tertiary/aromatic N) is 6. The van der Waals surface area contributed by atoms with Crippen molar-refractivity contribution < 1.29 is 0 Å². The van der Waals surface area contributed by atoms with Gasteiger partial charge in [-0.15, -0.1) is 0 Å². The van der Waals surface area contributed by atoms with Gasteiger partial charge in [-0.1, -0.05) is 376 Å². The fourth-order valence-electron chi connectivity index (χ4n) is 16.0. The Hall–Kier alpha value is -15.5. The highest BCUT2D eigenvalue weighted by Crippen LogP contribution is 2.40. The van der Waals surface area contributed by atoms with Crippen molar-refractivity contribution in [3.8, 4) is 157 Å². The molecule has 0 radical (unpaired) electrons. The highest BCUT2D eigenvalue weighted by atomic mass is 15.0. The molecule has 0 fully saturated rings. The number of hydrogen-bond acceptors (Lipinski definition) is 6. The van der Waals surface area contributed by atoms with Crippen molar-refractivity contribution in [2.24, 2.45) is 0 Å². The van der Waals surface area contributed by atoms with Crippen LogP contribution in [0.2, 0.25) is 0 Å². The molecular weight excluding hydrogens is 1410 g/mol. The van der Waals surface area contributed by atoms with Crippen LogP contribution in [0.5, 0.6) is 0 Å². The van der Waals surface area contributed by atoms with E-state index in [2.05, 4.69) is 431 Å². The predicted molar refractivity (Wildman–Crippen MR) is 483 cm³/mol. The first-order valence-corrected chi connectivity index (χ1v) is 39.3. The maximum Gasteiger partial charge on any atom is 0.164 e. The van der Waals surface area contributed by atoms with Crippen LogP contribution < -0.4 is 0 Å². The Labute approximate surface area is 673 Å². The summed E-state index contributed by atoms with van der Waals surface area (Å²) in [5.74, 6) is 3.76. The van der Waals surface area contributed by atoms with Crippen molar-refractivity contribution in [2.45, 2.75) is 0 Å². The molecule has 6 nitrogen and oxygen atoms in total. The molecule has 542 valence electrons. The van der Waals surface area contributed by atoms with E-state index in [4.69, 9.17) is 29.9 Å². The van der Waals surface area contributed by atoms with Crippen molar-refractivity contribution in [2.75, 3.05) is 0 Å². The minimum Gasteiger partial charge on any atom is -0.208 e. The fraction of sp³-hybridized carbons (Fsp3) is 0. The quantitative estimate of drug-likeness (QED) is 0.108. The highest BCUT2D eigenvalue weighted by Gasteiger charge is 2.20. The molecule has 6 heteroatoms. The van der Waals surface area contributed by atoms with Gasteiger partial charge in [-0.05, 0) is 204 Å². The van der Waals surface area contributed by atoms with Crippen LogP contribution in [0, 0.1) is 0 Å². The molecule has 0 aliphatic heterocycles. The summed E-state index contributed by atoms with van der Waals surface area (Å²) in [5.41, 5.74) is 24.1. The molecule has 2 heterocycles. The van der Waals surface area contributed by atoms with Crippen molar-refractivity contribution >= 4 is 53.9 Å². The van der Waals surface area contributed by atoms with Gasteiger partial charge in [0.25, 0.3) is 0 Å².